The minimum Gasteiger partial charge on any atom is -0.351 e. The first-order chi connectivity index (χ1) is 11.3. The number of nitrogens with one attached hydrogen (secondary N) is 1. The monoisotopic (exact) mass is 302 g/mol. The van der Waals surface area contributed by atoms with Gasteiger partial charge in [-0.1, -0.05) is 54.6 Å². The van der Waals surface area contributed by atoms with Crippen molar-refractivity contribution in [1.82, 2.24) is 9.97 Å². The highest BCUT2D eigenvalue weighted by Gasteiger charge is 2.45. The molecule has 1 aliphatic rings. The minimum atomic E-state index is -0.574. The van der Waals surface area contributed by atoms with Gasteiger partial charge in [-0.05, 0) is 30.4 Å². The summed E-state index contributed by atoms with van der Waals surface area (Å²) in [7, 11) is 0. The molecule has 23 heavy (non-hydrogen) atoms. The van der Waals surface area contributed by atoms with Gasteiger partial charge in [0, 0.05) is 11.8 Å². The Balaban J connectivity index is 1.83. The highest BCUT2D eigenvalue weighted by atomic mass is 16.1. The number of aryl methyl sites for hydroxylation is 1. The fraction of sp³-hybridized carbons (Fsp3) is 0.200. The lowest BCUT2D eigenvalue weighted by atomic mass is 9.65. The number of aromatic nitrogens is 2. The van der Waals surface area contributed by atoms with Crippen LogP contribution in [0.15, 0.2) is 67.1 Å². The van der Waals surface area contributed by atoms with Crippen LogP contribution in [0.1, 0.15) is 33.6 Å². The number of aromatic amines is 1. The smallest absolute Gasteiger partial charge is 0.175 e. The van der Waals surface area contributed by atoms with Crippen molar-refractivity contribution in [2.75, 3.05) is 0 Å². The first-order valence-corrected chi connectivity index (χ1v) is 7.95. The van der Waals surface area contributed by atoms with Crippen LogP contribution in [0.25, 0.3) is 0 Å². The Morgan fingerprint density at radius 3 is 2.61 bits per heavy atom. The van der Waals surface area contributed by atoms with Gasteiger partial charge >= 0.3 is 0 Å². The topological polar surface area (TPSA) is 45.8 Å². The number of Topliss-reactive ketones (excluding diaryl/α,β-unsaturated/α-hetero) is 1. The maximum absolute atomic E-state index is 13.4. The molecular weight excluding hydrogens is 284 g/mol. The van der Waals surface area contributed by atoms with Gasteiger partial charge in [0.05, 0.1) is 17.4 Å². The molecule has 1 aromatic heterocycles. The van der Waals surface area contributed by atoms with E-state index in [9.17, 15) is 4.79 Å². The van der Waals surface area contributed by atoms with Gasteiger partial charge in [-0.2, -0.15) is 0 Å². The number of hydrogen-bond acceptors (Lipinski definition) is 2. The Kier molecular flexibility index (Phi) is 3.34. The molecule has 1 N–H and O–H groups in total. The number of ketones is 1. The van der Waals surface area contributed by atoms with Crippen molar-refractivity contribution in [3.8, 4) is 0 Å². The van der Waals surface area contributed by atoms with E-state index in [1.807, 2.05) is 42.6 Å². The number of nitrogens with zero attached hydrogens (tertiary/aromatic N) is 1. The fourth-order valence-corrected chi connectivity index (χ4v) is 3.65. The van der Waals surface area contributed by atoms with Crippen LogP contribution in [0.3, 0.4) is 0 Å². The molecule has 0 fully saturated rings. The van der Waals surface area contributed by atoms with Crippen molar-refractivity contribution < 1.29 is 4.79 Å². The Morgan fingerprint density at radius 2 is 1.83 bits per heavy atom. The largest absolute Gasteiger partial charge is 0.351 e. The summed E-state index contributed by atoms with van der Waals surface area (Å²) in [6, 6.07) is 18.2. The van der Waals surface area contributed by atoms with Gasteiger partial charge < -0.3 is 4.98 Å². The molecule has 0 saturated carbocycles. The molecular formula is C20H18N2O. The van der Waals surface area contributed by atoms with E-state index >= 15 is 0 Å². The maximum Gasteiger partial charge on any atom is 0.175 e. The van der Waals surface area contributed by atoms with Gasteiger partial charge in [-0.15, -0.1) is 0 Å². The standard InChI is InChI=1S/C20H18N2O/c23-19-17-9-5-4-8-16(17)10-11-20(19,18-13-21-14-22-18)12-15-6-2-1-3-7-15/h1-9,13-14H,10-12H2,(H,21,22). The van der Waals surface area contributed by atoms with E-state index in [-0.39, 0.29) is 5.78 Å². The normalized spacial score (nSPS) is 20.3. The molecule has 3 heteroatoms. The van der Waals surface area contributed by atoms with Crippen molar-refractivity contribution >= 4 is 5.78 Å². The maximum atomic E-state index is 13.4. The molecule has 0 aliphatic heterocycles. The minimum absolute atomic E-state index is 0.190. The second-order valence-corrected chi connectivity index (χ2v) is 6.19. The molecule has 4 rings (SSSR count). The molecule has 0 radical (unpaired) electrons. The van der Waals surface area contributed by atoms with Crippen molar-refractivity contribution in [2.24, 2.45) is 0 Å². The third-order valence-corrected chi connectivity index (χ3v) is 4.86. The second kappa shape index (κ2) is 5.51. The molecule has 0 spiro atoms. The number of hydrogen-bond donors (Lipinski definition) is 1. The van der Waals surface area contributed by atoms with Gasteiger partial charge in [0.1, 0.15) is 0 Å². The first-order valence-electron chi connectivity index (χ1n) is 7.95. The average Bonchev–Trinajstić information content (AvgIpc) is 3.14. The summed E-state index contributed by atoms with van der Waals surface area (Å²) >= 11 is 0. The molecule has 114 valence electrons. The van der Waals surface area contributed by atoms with Crippen molar-refractivity contribution in [3.05, 3.63) is 89.5 Å². The van der Waals surface area contributed by atoms with Crippen LogP contribution in [0, 0.1) is 0 Å². The Morgan fingerprint density at radius 1 is 1.04 bits per heavy atom. The molecule has 0 bridgehead atoms. The summed E-state index contributed by atoms with van der Waals surface area (Å²) in [6.45, 7) is 0. The summed E-state index contributed by atoms with van der Waals surface area (Å²) in [5.74, 6) is 0.190. The van der Waals surface area contributed by atoms with E-state index in [0.29, 0.717) is 6.42 Å². The van der Waals surface area contributed by atoms with E-state index in [1.54, 1.807) is 6.33 Å². The summed E-state index contributed by atoms with van der Waals surface area (Å²) < 4.78 is 0. The molecule has 0 saturated heterocycles. The highest BCUT2D eigenvalue weighted by Crippen LogP contribution is 2.40. The van der Waals surface area contributed by atoms with E-state index in [4.69, 9.17) is 0 Å². The van der Waals surface area contributed by atoms with Crippen LogP contribution < -0.4 is 0 Å². The number of benzene rings is 2. The Labute approximate surface area is 135 Å². The third kappa shape index (κ3) is 2.29. The number of rotatable bonds is 3. The Hall–Kier alpha value is -2.68. The van der Waals surface area contributed by atoms with E-state index in [2.05, 4.69) is 28.2 Å². The number of H-pyrrole nitrogens is 1. The zero-order chi connectivity index (χ0) is 15.7. The molecule has 2 aromatic carbocycles. The van der Waals surface area contributed by atoms with Gasteiger partial charge in [0.15, 0.2) is 5.78 Å². The lowest BCUT2D eigenvalue weighted by Gasteiger charge is -2.35. The summed E-state index contributed by atoms with van der Waals surface area (Å²) in [5, 5.41) is 0. The number of carbonyl (C=O) groups excluding carboxylic acids is 1. The fourth-order valence-electron chi connectivity index (χ4n) is 3.65. The molecule has 1 atom stereocenters. The van der Waals surface area contributed by atoms with Gasteiger partial charge in [-0.3, -0.25) is 4.79 Å². The Bertz CT molecular complexity index is 824. The predicted molar refractivity (Wildman–Crippen MR) is 89.5 cm³/mol. The first kappa shape index (κ1) is 13.9. The van der Waals surface area contributed by atoms with Crippen LogP contribution in [0.4, 0.5) is 0 Å². The van der Waals surface area contributed by atoms with Crippen molar-refractivity contribution in [1.29, 1.82) is 0 Å². The third-order valence-electron chi connectivity index (χ3n) is 4.86. The van der Waals surface area contributed by atoms with E-state index in [1.165, 1.54) is 5.56 Å². The van der Waals surface area contributed by atoms with Crippen LogP contribution in [0.2, 0.25) is 0 Å². The quantitative estimate of drug-likeness (QED) is 0.801. The molecule has 0 amide bonds. The second-order valence-electron chi connectivity index (χ2n) is 6.19. The molecule has 1 aliphatic carbocycles. The molecule has 1 unspecified atom stereocenters. The SMILES string of the molecule is O=C1c2ccccc2CCC1(Cc1ccccc1)c1c[nH]cn1. The summed E-state index contributed by atoms with van der Waals surface area (Å²) in [5.41, 5.74) is 3.44. The van der Waals surface area contributed by atoms with Gasteiger partial charge in [0.25, 0.3) is 0 Å². The molecule has 1 heterocycles. The summed E-state index contributed by atoms with van der Waals surface area (Å²) in [4.78, 5) is 20.9. The van der Waals surface area contributed by atoms with Crippen LogP contribution in [0.5, 0.6) is 0 Å². The van der Waals surface area contributed by atoms with E-state index < -0.39 is 5.41 Å². The average molecular weight is 302 g/mol. The lowest BCUT2D eigenvalue weighted by Crippen LogP contribution is -2.42. The van der Waals surface area contributed by atoms with Gasteiger partial charge in [-0.25, -0.2) is 4.98 Å². The molecule has 3 aromatic rings. The predicted octanol–water partition coefficient (Wildman–Crippen LogP) is 3.72. The highest BCUT2D eigenvalue weighted by molar-refractivity contribution is 6.06. The summed E-state index contributed by atoms with van der Waals surface area (Å²) in [6.07, 6.45) is 5.92. The lowest BCUT2D eigenvalue weighted by molar-refractivity contribution is 0.0855. The van der Waals surface area contributed by atoms with Crippen LogP contribution in [-0.4, -0.2) is 15.8 Å². The zero-order valence-electron chi connectivity index (χ0n) is 12.8. The van der Waals surface area contributed by atoms with E-state index in [0.717, 1.165) is 29.7 Å². The van der Waals surface area contributed by atoms with Crippen LogP contribution in [-0.2, 0) is 18.3 Å². The van der Waals surface area contributed by atoms with Crippen molar-refractivity contribution in [3.63, 3.8) is 0 Å². The zero-order valence-corrected chi connectivity index (χ0v) is 12.8. The molecule has 3 nitrogen and oxygen atoms in total. The number of fused-ring (bicyclic) bond motifs is 1. The van der Waals surface area contributed by atoms with Gasteiger partial charge in [0.2, 0.25) is 0 Å². The number of carbonyl (C=O) groups is 1. The number of imidazole rings is 1. The van der Waals surface area contributed by atoms with Crippen molar-refractivity contribution in [2.45, 2.75) is 24.7 Å². The van der Waals surface area contributed by atoms with Crippen LogP contribution >= 0.6 is 0 Å².